The highest BCUT2D eigenvalue weighted by Gasteiger charge is 2.25. The highest BCUT2D eigenvalue weighted by Crippen LogP contribution is 2.40. The van der Waals surface area contributed by atoms with Crippen LogP contribution in [0.1, 0.15) is 30.6 Å². The van der Waals surface area contributed by atoms with Crippen molar-refractivity contribution in [1.29, 1.82) is 0 Å². The molecule has 0 amide bonds. The number of pyridine rings is 1. The van der Waals surface area contributed by atoms with E-state index in [0.717, 1.165) is 28.9 Å². The van der Waals surface area contributed by atoms with Gasteiger partial charge in [-0.15, -0.1) is 22.7 Å². The summed E-state index contributed by atoms with van der Waals surface area (Å²) in [6.07, 6.45) is 3.42. The van der Waals surface area contributed by atoms with E-state index in [-0.39, 0.29) is 11.4 Å². The van der Waals surface area contributed by atoms with Gasteiger partial charge in [0.05, 0.1) is 27.8 Å². The quantitative estimate of drug-likeness (QED) is 0.444. The van der Waals surface area contributed by atoms with Gasteiger partial charge in [-0.2, -0.15) is 0 Å². The number of fused-ring (bicyclic) bond motifs is 2. The second kappa shape index (κ2) is 7.02. The van der Waals surface area contributed by atoms with Crippen LogP contribution < -0.4 is 10.6 Å². The molecular formula is C20H18F2N4S2. The Balaban J connectivity index is 1.58. The third kappa shape index (κ3) is 2.96. The molecule has 0 unspecified atom stereocenters. The Morgan fingerprint density at radius 3 is 3.00 bits per heavy atom. The molecule has 1 saturated heterocycles. The lowest BCUT2D eigenvalue weighted by atomic mass is 9.90. The van der Waals surface area contributed by atoms with Crippen LogP contribution in [0.25, 0.3) is 20.4 Å². The molecule has 5 rings (SSSR count). The van der Waals surface area contributed by atoms with Crippen LogP contribution in [0.5, 0.6) is 0 Å². The lowest BCUT2D eigenvalue weighted by Gasteiger charge is -2.29. The van der Waals surface area contributed by atoms with Gasteiger partial charge >= 0.3 is 0 Å². The minimum Gasteiger partial charge on any atom is -0.350 e. The number of hydrogen-bond donors (Lipinski definition) is 2. The van der Waals surface area contributed by atoms with E-state index >= 15 is 0 Å². The largest absolute Gasteiger partial charge is 0.350 e. The minimum absolute atomic E-state index is 0.213. The van der Waals surface area contributed by atoms with Crippen molar-refractivity contribution in [2.45, 2.75) is 31.7 Å². The number of thiazole rings is 1. The number of hydrogen-bond acceptors (Lipinski definition) is 6. The molecule has 1 aliphatic heterocycles. The smallest absolute Gasteiger partial charge is 0.173 e. The van der Waals surface area contributed by atoms with Crippen LogP contribution in [-0.2, 0) is 0 Å². The van der Waals surface area contributed by atoms with E-state index in [9.17, 15) is 8.78 Å². The van der Waals surface area contributed by atoms with Gasteiger partial charge in [0.1, 0.15) is 10.3 Å². The average Bonchev–Trinajstić information content (AvgIpc) is 3.33. The SMILES string of the molecule is C[C@@H]1NCCC[C@H]1c1cc2c(Nc3ccc4scnc4c3F)c(F)cnc2s1. The predicted octanol–water partition coefficient (Wildman–Crippen LogP) is 5.78. The zero-order valence-corrected chi connectivity index (χ0v) is 16.8. The molecule has 2 N–H and O–H groups in total. The Labute approximate surface area is 168 Å². The van der Waals surface area contributed by atoms with Crippen LogP contribution in [0.15, 0.2) is 29.9 Å². The van der Waals surface area contributed by atoms with Crippen LogP contribution in [0.4, 0.5) is 20.2 Å². The summed E-state index contributed by atoms with van der Waals surface area (Å²) in [5.74, 6) is -0.583. The van der Waals surface area contributed by atoms with Crippen molar-refractivity contribution in [2.24, 2.45) is 0 Å². The first-order valence-corrected chi connectivity index (χ1v) is 10.9. The molecular weight excluding hydrogens is 398 g/mol. The van der Waals surface area contributed by atoms with Gasteiger partial charge in [0, 0.05) is 22.2 Å². The molecule has 1 fully saturated rings. The van der Waals surface area contributed by atoms with Gasteiger partial charge in [0.2, 0.25) is 0 Å². The third-order valence-corrected chi connectivity index (χ3v) is 7.33. The molecule has 0 spiro atoms. The van der Waals surface area contributed by atoms with E-state index in [4.69, 9.17) is 0 Å². The van der Waals surface area contributed by atoms with Gasteiger partial charge in [-0.25, -0.2) is 18.7 Å². The van der Waals surface area contributed by atoms with Crippen LogP contribution in [0.3, 0.4) is 0 Å². The third-order valence-electron chi connectivity index (χ3n) is 5.36. The number of thiophene rings is 1. The molecule has 0 radical (unpaired) electrons. The van der Waals surface area contributed by atoms with Crippen LogP contribution in [0, 0.1) is 11.6 Å². The first-order valence-electron chi connectivity index (χ1n) is 9.22. The first kappa shape index (κ1) is 17.9. The fourth-order valence-electron chi connectivity index (χ4n) is 3.86. The van der Waals surface area contributed by atoms with E-state index in [1.54, 1.807) is 29.0 Å². The summed E-state index contributed by atoms with van der Waals surface area (Å²) in [6.45, 7) is 3.21. The zero-order chi connectivity index (χ0) is 19.3. The molecule has 8 heteroatoms. The molecule has 0 saturated carbocycles. The normalized spacial score (nSPS) is 20.1. The predicted molar refractivity (Wildman–Crippen MR) is 112 cm³/mol. The molecule has 28 heavy (non-hydrogen) atoms. The van der Waals surface area contributed by atoms with Crippen LogP contribution in [-0.4, -0.2) is 22.6 Å². The molecule has 4 aromatic rings. The van der Waals surface area contributed by atoms with Gasteiger partial charge in [-0.3, -0.25) is 0 Å². The molecule has 0 bridgehead atoms. The fraction of sp³-hybridized carbons (Fsp3) is 0.300. The van der Waals surface area contributed by atoms with Crippen molar-refractivity contribution < 1.29 is 8.78 Å². The van der Waals surface area contributed by atoms with Gasteiger partial charge in [0.15, 0.2) is 11.6 Å². The van der Waals surface area contributed by atoms with E-state index in [1.165, 1.54) is 22.4 Å². The molecule has 1 aromatic carbocycles. The summed E-state index contributed by atoms with van der Waals surface area (Å²) in [5.41, 5.74) is 2.38. The molecule has 4 heterocycles. The number of halogens is 2. The summed E-state index contributed by atoms with van der Waals surface area (Å²) >= 11 is 2.96. The number of piperidine rings is 1. The maximum atomic E-state index is 14.8. The lowest BCUT2D eigenvalue weighted by Crippen LogP contribution is -2.37. The summed E-state index contributed by atoms with van der Waals surface area (Å²) < 4.78 is 30.2. The maximum Gasteiger partial charge on any atom is 0.173 e. The van der Waals surface area contributed by atoms with Crippen molar-refractivity contribution in [2.75, 3.05) is 11.9 Å². The Morgan fingerprint density at radius 1 is 1.25 bits per heavy atom. The second-order valence-corrected chi connectivity index (χ2v) is 9.04. The molecule has 2 atom stereocenters. The summed E-state index contributed by atoms with van der Waals surface area (Å²) in [7, 11) is 0. The monoisotopic (exact) mass is 416 g/mol. The molecule has 4 nitrogen and oxygen atoms in total. The average molecular weight is 417 g/mol. The summed E-state index contributed by atoms with van der Waals surface area (Å²) in [5, 5.41) is 7.15. The molecule has 0 aliphatic carbocycles. The summed E-state index contributed by atoms with van der Waals surface area (Å²) in [4.78, 5) is 10.3. The second-order valence-electron chi connectivity index (χ2n) is 7.09. The van der Waals surface area contributed by atoms with E-state index in [1.807, 2.05) is 6.07 Å². The highest BCUT2D eigenvalue weighted by molar-refractivity contribution is 7.18. The number of nitrogens with zero attached hydrogens (tertiary/aromatic N) is 2. The summed E-state index contributed by atoms with van der Waals surface area (Å²) in [6, 6.07) is 5.80. The molecule has 144 valence electrons. The van der Waals surface area contributed by atoms with Crippen molar-refractivity contribution in [3.05, 3.63) is 46.4 Å². The number of nitrogens with one attached hydrogen (secondary N) is 2. The van der Waals surface area contributed by atoms with E-state index in [2.05, 4.69) is 27.5 Å². The zero-order valence-electron chi connectivity index (χ0n) is 15.1. The van der Waals surface area contributed by atoms with Crippen molar-refractivity contribution in [3.8, 4) is 0 Å². The number of aromatic nitrogens is 2. The first-order chi connectivity index (χ1) is 13.6. The Hall–Kier alpha value is -2.16. The standard InChI is InChI=1S/C20H18F2N4S2/c1-10-11(3-2-6-23-10)16-7-12-18(13(21)8-24-20(12)28-16)26-14-4-5-15-19(17(14)22)25-9-27-15/h4-5,7-11,23H,2-3,6H2,1H3,(H,24,26)/t10-,11+/m0/s1. The fourth-order valence-corrected chi connectivity index (χ4v) is 5.78. The van der Waals surface area contributed by atoms with Crippen molar-refractivity contribution in [1.82, 2.24) is 15.3 Å². The lowest BCUT2D eigenvalue weighted by molar-refractivity contribution is 0.375. The van der Waals surface area contributed by atoms with Gasteiger partial charge < -0.3 is 10.6 Å². The van der Waals surface area contributed by atoms with E-state index in [0.29, 0.717) is 22.9 Å². The van der Waals surface area contributed by atoms with E-state index < -0.39 is 11.6 Å². The maximum absolute atomic E-state index is 14.8. The Bertz CT molecular complexity index is 1170. The number of rotatable bonds is 3. The highest BCUT2D eigenvalue weighted by atomic mass is 32.1. The van der Waals surface area contributed by atoms with Gasteiger partial charge in [0.25, 0.3) is 0 Å². The topological polar surface area (TPSA) is 49.8 Å². The minimum atomic E-state index is -0.496. The molecule has 3 aromatic heterocycles. The van der Waals surface area contributed by atoms with Crippen LogP contribution >= 0.6 is 22.7 Å². The Kier molecular flexibility index (Phi) is 4.49. The molecule has 1 aliphatic rings. The van der Waals surface area contributed by atoms with Gasteiger partial charge in [-0.1, -0.05) is 0 Å². The van der Waals surface area contributed by atoms with Crippen molar-refractivity contribution in [3.63, 3.8) is 0 Å². The van der Waals surface area contributed by atoms with Crippen molar-refractivity contribution >= 4 is 54.5 Å². The number of benzene rings is 1. The number of anilines is 2. The van der Waals surface area contributed by atoms with Gasteiger partial charge in [-0.05, 0) is 44.5 Å². The Morgan fingerprint density at radius 2 is 2.14 bits per heavy atom. The van der Waals surface area contributed by atoms with Crippen LogP contribution in [0.2, 0.25) is 0 Å².